The van der Waals surface area contributed by atoms with Crippen molar-refractivity contribution < 1.29 is 13.5 Å². The standard InChI is InChI=1S/C17H19F2NO/c18-15-9-8-14(11-16(15)19)17(20)12-21-10-4-7-13-5-2-1-3-6-13/h1-3,5-6,8-9,11,17H,4,7,10,12,20H2. The van der Waals surface area contributed by atoms with Crippen LogP contribution in [0.15, 0.2) is 48.5 Å². The molecule has 1 atom stereocenters. The molecule has 0 bridgehead atoms. The number of hydrogen-bond acceptors (Lipinski definition) is 2. The van der Waals surface area contributed by atoms with Crippen molar-refractivity contribution in [3.05, 3.63) is 71.3 Å². The van der Waals surface area contributed by atoms with E-state index in [-0.39, 0.29) is 0 Å². The fourth-order valence-corrected chi connectivity index (χ4v) is 2.07. The molecule has 0 radical (unpaired) electrons. The van der Waals surface area contributed by atoms with E-state index in [1.54, 1.807) is 0 Å². The topological polar surface area (TPSA) is 35.2 Å². The molecule has 0 spiro atoms. The third kappa shape index (κ3) is 4.92. The van der Waals surface area contributed by atoms with Crippen molar-refractivity contribution in [3.63, 3.8) is 0 Å². The first-order valence-electron chi connectivity index (χ1n) is 6.99. The minimum Gasteiger partial charge on any atom is -0.379 e. The zero-order valence-corrected chi connectivity index (χ0v) is 11.8. The second-order valence-corrected chi connectivity index (χ2v) is 4.94. The Balaban J connectivity index is 1.69. The SMILES string of the molecule is NC(COCCCc1ccccc1)c1ccc(F)c(F)c1. The van der Waals surface area contributed by atoms with E-state index in [0.29, 0.717) is 18.8 Å². The average Bonchev–Trinajstić information content (AvgIpc) is 2.50. The quantitative estimate of drug-likeness (QED) is 0.791. The summed E-state index contributed by atoms with van der Waals surface area (Å²) in [5.41, 5.74) is 7.70. The largest absolute Gasteiger partial charge is 0.379 e. The van der Waals surface area contributed by atoms with Crippen molar-refractivity contribution >= 4 is 0 Å². The molecule has 1 unspecified atom stereocenters. The maximum Gasteiger partial charge on any atom is 0.159 e. The third-order valence-electron chi connectivity index (χ3n) is 3.27. The monoisotopic (exact) mass is 291 g/mol. The lowest BCUT2D eigenvalue weighted by Crippen LogP contribution is -2.18. The smallest absolute Gasteiger partial charge is 0.159 e. The second-order valence-electron chi connectivity index (χ2n) is 4.94. The highest BCUT2D eigenvalue weighted by Crippen LogP contribution is 2.15. The maximum absolute atomic E-state index is 13.1. The molecule has 0 aliphatic heterocycles. The Bertz CT molecular complexity index is 560. The normalized spacial score (nSPS) is 12.3. The molecule has 2 aromatic carbocycles. The molecule has 0 heterocycles. The molecular weight excluding hydrogens is 272 g/mol. The van der Waals surface area contributed by atoms with E-state index in [9.17, 15) is 8.78 Å². The van der Waals surface area contributed by atoms with Gasteiger partial charge in [-0.2, -0.15) is 0 Å². The summed E-state index contributed by atoms with van der Waals surface area (Å²) in [6.45, 7) is 0.881. The lowest BCUT2D eigenvalue weighted by Gasteiger charge is -2.13. The van der Waals surface area contributed by atoms with Crippen LogP contribution < -0.4 is 5.73 Å². The summed E-state index contributed by atoms with van der Waals surface area (Å²) < 4.78 is 31.4. The van der Waals surface area contributed by atoms with Crippen molar-refractivity contribution in [3.8, 4) is 0 Å². The van der Waals surface area contributed by atoms with Gasteiger partial charge in [0.25, 0.3) is 0 Å². The predicted molar refractivity (Wildman–Crippen MR) is 78.9 cm³/mol. The van der Waals surface area contributed by atoms with Gasteiger partial charge in [0.05, 0.1) is 12.6 Å². The van der Waals surface area contributed by atoms with E-state index in [4.69, 9.17) is 10.5 Å². The van der Waals surface area contributed by atoms with Gasteiger partial charge in [0.1, 0.15) is 0 Å². The molecule has 0 saturated carbocycles. The molecule has 21 heavy (non-hydrogen) atoms. The molecule has 0 saturated heterocycles. The molecule has 2 aromatic rings. The lowest BCUT2D eigenvalue weighted by atomic mass is 10.1. The number of halogens is 2. The Morgan fingerprint density at radius 2 is 1.76 bits per heavy atom. The van der Waals surface area contributed by atoms with E-state index >= 15 is 0 Å². The zero-order chi connectivity index (χ0) is 15.1. The van der Waals surface area contributed by atoms with E-state index in [2.05, 4.69) is 12.1 Å². The molecular formula is C17H19F2NO. The molecule has 0 fully saturated rings. The van der Waals surface area contributed by atoms with Crippen molar-refractivity contribution in [2.24, 2.45) is 5.73 Å². The van der Waals surface area contributed by atoms with Crippen LogP contribution in [0.3, 0.4) is 0 Å². The van der Waals surface area contributed by atoms with Crippen LogP contribution in [-0.4, -0.2) is 13.2 Å². The number of benzene rings is 2. The molecule has 112 valence electrons. The fourth-order valence-electron chi connectivity index (χ4n) is 2.07. The summed E-state index contributed by atoms with van der Waals surface area (Å²) in [6.07, 6.45) is 1.84. The summed E-state index contributed by atoms with van der Waals surface area (Å²) in [4.78, 5) is 0. The molecule has 4 heteroatoms. The van der Waals surface area contributed by atoms with E-state index in [0.717, 1.165) is 25.0 Å². The number of ether oxygens (including phenoxy) is 1. The van der Waals surface area contributed by atoms with Crippen LogP contribution in [-0.2, 0) is 11.2 Å². The first-order valence-corrected chi connectivity index (χ1v) is 6.99. The summed E-state index contributed by atoms with van der Waals surface area (Å²) in [6, 6.07) is 13.4. The van der Waals surface area contributed by atoms with E-state index < -0.39 is 17.7 Å². The number of rotatable bonds is 7. The molecule has 0 aromatic heterocycles. The zero-order valence-electron chi connectivity index (χ0n) is 11.8. The summed E-state index contributed by atoms with van der Waals surface area (Å²) >= 11 is 0. The third-order valence-corrected chi connectivity index (χ3v) is 3.27. The summed E-state index contributed by atoms with van der Waals surface area (Å²) in [5.74, 6) is -1.75. The van der Waals surface area contributed by atoms with Gasteiger partial charge in [-0.3, -0.25) is 0 Å². The van der Waals surface area contributed by atoms with Gasteiger partial charge in [-0.25, -0.2) is 8.78 Å². The van der Waals surface area contributed by atoms with Gasteiger partial charge in [0, 0.05) is 6.61 Å². The van der Waals surface area contributed by atoms with Gasteiger partial charge in [-0.05, 0) is 36.1 Å². The molecule has 0 aliphatic rings. The average molecular weight is 291 g/mol. The van der Waals surface area contributed by atoms with Crippen molar-refractivity contribution in [2.75, 3.05) is 13.2 Å². The highest BCUT2D eigenvalue weighted by atomic mass is 19.2. The highest BCUT2D eigenvalue weighted by molar-refractivity contribution is 5.21. The van der Waals surface area contributed by atoms with Crippen LogP contribution >= 0.6 is 0 Å². The van der Waals surface area contributed by atoms with Crippen molar-refractivity contribution in [1.82, 2.24) is 0 Å². The van der Waals surface area contributed by atoms with E-state index in [1.165, 1.54) is 11.6 Å². The molecule has 0 amide bonds. The number of hydrogen-bond donors (Lipinski definition) is 1. The van der Waals surface area contributed by atoms with Crippen LogP contribution in [0.5, 0.6) is 0 Å². The van der Waals surface area contributed by atoms with Gasteiger partial charge >= 0.3 is 0 Å². The highest BCUT2D eigenvalue weighted by Gasteiger charge is 2.09. The Hall–Kier alpha value is -1.78. The van der Waals surface area contributed by atoms with Gasteiger partial charge in [-0.15, -0.1) is 0 Å². The van der Waals surface area contributed by atoms with Crippen molar-refractivity contribution in [2.45, 2.75) is 18.9 Å². The summed E-state index contributed by atoms with van der Waals surface area (Å²) in [5, 5.41) is 0. The van der Waals surface area contributed by atoms with E-state index in [1.807, 2.05) is 18.2 Å². The predicted octanol–water partition coefficient (Wildman–Crippen LogP) is 3.61. The van der Waals surface area contributed by atoms with Crippen LogP contribution in [0.2, 0.25) is 0 Å². The molecule has 2 N–H and O–H groups in total. The molecule has 2 rings (SSSR count). The molecule has 0 aliphatic carbocycles. The Morgan fingerprint density at radius 3 is 2.48 bits per heavy atom. The Kier molecular flexibility index (Phi) is 5.84. The van der Waals surface area contributed by atoms with Crippen LogP contribution in [0.25, 0.3) is 0 Å². The van der Waals surface area contributed by atoms with Gasteiger partial charge in [0.15, 0.2) is 11.6 Å². The van der Waals surface area contributed by atoms with Crippen LogP contribution in [0, 0.1) is 11.6 Å². The number of aryl methyl sites for hydroxylation is 1. The lowest BCUT2D eigenvalue weighted by molar-refractivity contribution is 0.119. The second kappa shape index (κ2) is 7.86. The van der Waals surface area contributed by atoms with Gasteiger partial charge in [0.2, 0.25) is 0 Å². The number of nitrogens with two attached hydrogens (primary N) is 1. The fraction of sp³-hybridized carbons (Fsp3) is 0.294. The Morgan fingerprint density at radius 1 is 1.00 bits per heavy atom. The minimum atomic E-state index is -0.882. The van der Waals surface area contributed by atoms with Crippen molar-refractivity contribution in [1.29, 1.82) is 0 Å². The van der Waals surface area contributed by atoms with Crippen LogP contribution in [0.1, 0.15) is 23.6 Å². The van der Waals surface area contributed by atoms with Crippen LogP contribution in [0.4, 0.5) is 8.78 Å². The first kappa shape index (κ1) is 15.6. The minimum absolute atomic E-state index is 0.292. The van der Waals surface area contributed by atoms with Gasteiger partial charge in [-0.1, -0.05) is 36.4 Å². The maximum atomic E-state index is 13.1. The Labute approximate surface area is 123 Å². The molecule has 2 nitrogen and oxygen atoms in total. The first-order chi connectivity index (χ1) is 10.2. The summed E-state index contributed by atoms with van der Waals surface area (Å²) in [7, 11) is 0. The van der Waals surface area contributed by atoms with Gasteiger partial charge < -0.3 is 10.5 Å².